The van der Waals surface area contributed by atoms with Gasteiger partial charge in [0, 0.05) is 18.3 Å². The van der Waals surface area contributed by atoms with Gasteiger partial charge in [-0.1, -0.05) is 0 Å². The molecule has 1 unspecified atom stereocenters. The molecule has 4 rings (SSSR count). The fraction of sp³-hybridized carbons (Fsp3) is 0.235. The molecule has 0 radical (unpaired) electrons. The van der Waals surface area contributed by atoms with Gasteiger partial charge in [0.2, 0.25) is 11.4 Å². The number of fused-ring (bicyclic) bond motifs is 1. The number of aromatic nitrogens is 3. The summed E-state index contributed by atoms with van der Waals surface area (Å²) in [6.07, 6.45) is 1.58. The smallest absolute Gasteiger partial charge is 0.401 e. The van der Waals surface area contributed by atoms with Crippen molar-refractivity contribution < 1.29 is 22.7 Å². The van der Waals surface area contributed by atoms with Crippen LogP contribution in [0.25, 0.3) is 5.65 Å². The van der Waals surface area contributed by atoms with Crippen molar-refractivity contribution in [2.75, 3.05) is 11.4 Å². The van der Waals surface area contributed by atoms with Gasteiger partial charge < -0.3 is 15.4 Å². The van der Waals surface area contributed by atoms with Crippen molar-refractivity contribution in [1.82, 2.24) is 14.6 Å². The molecule has 1 amide bonds. The summed E-state index contributed by atoms with van der Waals surface area (Å²) >= 11 is 0. The lowest BCUT2D eigenvalue weighted by molar-refractivity contribution is 0.209. The van der Waals surface area contributed by atoms with Gasteiger partial charge in [-0.05, 0) is 37.1 Å². The van der Waals surface area contributed by atoms with Gasteiger partial charge in [-0.15, -0.1) is 5.10 Å². The number of benzene rings is 1. The summed E-state index contributed by atoms with van der Waals surface area (Å²) in [5.41, 5.74) is 5.13. The lowest BCUT2D eigenvalue weighted by Gasteiger charge is -2.26. The first kappa shape index (κ1) is 17.1. The van der Waals surface area contributed by atoms with Crippen molar-refractivity contribution in [3.05, 3.63) is 53.6 Å². The Bertz CT molecular complexity index is 1040. The van der Waals surface area contributed by atoms with Crippen LogP contribution < -0.4 is 15.4 Å². The number of rotatable bonds is 3. The van der Waals surface area contributed by atoms with Crippen LogP contribution >= 0.6 is 0 Å². The average Bonchev–Trinajstić information content (AvgIpc) is 3.22. The van der Waals surface area contributed by atoms with E-state index in [2.05, 4.69) is 14.8 Å². The zero-order valence-electron chi connectivity index (χ0n) is 13.9. The molecule has 1 aromatic carbocycles. The van der Waals surface area contributed by atoms with Crippen LogP contribution in [0.3, 0.4) is 0 Å². The molecule has 2 aromatic heterocycles. The predicted molar refractivity (Wildman–Crippen MR) is 88.8 cm³/mol. The second-order valence-electron chi connectivity index (χ2n) is 6.11. The van der Waals surface area contributed by atoms with E-state index in [1.165, 1.54) is 6.20 Å². The Labute approximate surface area is 151 Å². The lowest BCUT2D eigenvalue weighted by atomic mass is 10.0. The molecule has 27 heavy (non-hydrogen) atoms. The molecular formula is C17H14F3N5O2. The molecule has 1 atom stereocenters. The third-order valence-corrected chi connectivity index (χ3v) is 4.46. The number of nitrogens with zero attached hydrogens (tertiary/aromatic N) is 4. The highest BCUT2D eigenvalue weighted by molar-refractivity contribution is 5.72. The van der Waals surface area contributed by atoms with E-state index >= 15 is 0 Å². The normalized spacial score (nSPS) is 16.9. The molecule has 0 bridgehead atoms. The number of hydrogen-bond donors (Lipinski definition) is 1. The van der Waals surface area contributed by atoms with Gasteiger partial charge in [0.25, 0.3) is 5.95 Å². The molecule has 0 aliphatic carbocycles. The Morgan fingerprint density at radius 2 is 2.07 bits per heavy atom. The molecule has 3 aromatic rings. The third-order valence-electron chi connectivity index (χ3n) is 4.46. The Balaban J connectivity index is 1.76. The van der Waals surface area contributed by atoms with Gasteiger partial charge >= 0.3 is 6.09 Å². The van der Waals surface area contributed by atoms with E-state index in [0.29, 0.717) is 18.8 Å². The second kappa shape index (κ2) is 6.45. The third kappa shape index (κ3) is 3.03. The first-order valence-electron chi connectivity index (χ1n) is 8.18. The maximum atomic E-state index is 14.2. The number of anilines is 1. The monoisotopic (exact) mass is 377 g/mol. The van der Waals surface area contributed by atoms with E-state index in [-0.39, 0.29) is 11.2 Å². The quantitative estimate of drug-likeness (QED) is 0.759. The Morgan fingerprint density at radius 3 is 2.85 bits per heavy atom. The molecular weight excluding hydrogens is 363 g/mol. The summed E-state index contributed by atoms with van der Waals surface area (Å²) in [7, 11) is 0. The van der Waals surface area contributed by atoms with E-state index in [1.807, 2.05) is 0 Å². The minimum atomic E-state index is -1.20. The van der Waals surface area contributed by atoms with Crippen molar-refractivity contribution in [1.29, 1.82) is 0 Å². The van der Waals surface area contributed by atoms with Crippen molar-refractivity contribution in [2.45, 2.75) is 18.9 Å². The molecule has 0 saturated carbocycles. The van der Waals surface area contributed by atoms with Gasteiger partial charge in [0.15, 0.2) is 0 Å². The summed E-state index contributed by atoms with van der Waals surface area (Å²) in [5.74, 6) is -2.17. The van der Waals surface area contributed by atoms with Crippen molar-refractivity contribution in [3.8, 4) is 5.75 Å². The number of amides is 1. The van der Waals surface area contributed by atoms with Gasteiger partial charge in [-0.3, -0.25) is 0 Å². The number of carbonyl (C=O) groups is 1. The molecule has 140 valence electrons. The van der Waals surface area contributed by atoms with Gasteiger partial charge in [0.1, 0.15) is 17.5 Å². The first-order chi connectivity index (χ1) is 12.9. The van der Waals surface area contributed by atoms with Crippen molar-refractivity contribution in [3.63, 3.8) is 0 Å². The number of halogens is 3. The minimum Gasteiger partial charge on any atom is -0.401 e. The molecule has 2 N–H and O–H groups in total. The number of hydrogen-bond acceptors (Lipinski definition) is 5. The molecule has 1 aliphatic heterocycles. The molecule has 0 spiro atoms. The van der Waals surface area contributed by atoms with Crippen LogP contribution in [-0.2, 0) is 0 Å². The summed E-state index contributed by atoms with van der Waals surface area (Å²) in [4.78, 5) is 17.1. The number of carbonyl (C=O) groups excluding carboxylic acids is 1. The average molecular weight is 377 g/mol. The van der Waals surface area contributed by atoms with E-state index in [4.69, 9.17) is 5.73 Å². The van der Waals surface area contributed by atoms with Gasteiger partial charge in [-0.25, -0.2) is 23.1 Å². The molecule has 1 saturated heterocycles. The highest BCUT2D eigenvalue weighted by atomic mass is 19.1. The number of nitrogens with two attached hydrogens (primary N) is 1. The highest BCUT2D eigenvalue weighted by Gasteiger charge is 2.30. The van der Waals surface area contributed by atoms with E-state index < -0.39 is 35.5 Å². The van der Waals surface area contributed by atoms with Gasteiger partial charge in [0.05, 0.1) is 6.04 Å². The number of primary amides is 1. The van der Waals surface area contributed by atoms with Gasteiger partial charge in [-0.2, -0.15) is 4.39 Å². The maximum Gasteiger partial charge on any atom is 0.410 e. The van der Waals surface area contributed by atoms with Crippen LogP contribution in [0.4, 0.5) is 23.8 Å². The van der Waals surface area contributed by atoms with Crippen LogP contribution in [0.2, 0.25) is 0 Å². The van der Waals surface area contributed by atoms with E-state index in [9.17, 15) is 18.0 Å². The molecule has 7 nitrogen and oxygen atoms in total. The number of ether oxygens (including phenoxy) is 1. The molecule has 1 fully saturated rings. The second-order valence-corrected chi connectivity index (χ2v) is 6.11. The zero-order valence-corrected chi connectivity index (χ0v) is 13.9. The standard InChI is InChI=1S/C17H14F3N5O2/c18-9-3-4-11(19)10(8-9)12-2-1-6-24(12)13-5-7-25-16(22-13)14(15(20)23-25)27-17(21)26/h3-5,7-8,12H,1-2,6H2,(H2,21,26). The first-order valence-corrected chi connectivity index (χ1v) is 8.18. The van der Waals surface area contributed by atoms with E-state index in [0.717, 1.165) is 29.1 Å². The van der Waals surface area contributed by atoms with Crippen LogP contribution in [0, 0.1) is 17.6 Å². The predicted octanol–water partition coefficient (Wildman–Crippen LogP) is 2.95. The Morgan fingerprint density at radius 1 is 1.26 bits per heavy atom. The Hall–Kier alpha value is -3.30. The Kier molecular flexibility index (Phi) is 4.09. The molecule has 3 heterocycles. The summed E-state index contributed by atoms with van der Waals surface area (Å²) < 4.78 is 47.5. The highest BCUT2D eigenvalue weighted by Crippen LogP contribution is 2.37. The largest absolute Gasteiger partial charge is 0.410 e. The minimum absolute atomic E-state index is 0.0471. The van der Waals surface area contributed by atoms with Crippen LogP contribution in [0.5, 0.6) is 5.75 Å². The molecule has 10 heteroatoms. The molecule has 1 aliphatic rings. The topological polar surface area (TPSA) is 85.8 Å². The maximum absolute atomic E-state index is 14.2. The summed E-state index contributed by atoms with van der Waals surface area (Å²) in [6.45, 7) is 0.548. The fourth-order valence-electron chi connectivity index (χ4n) is 3.36. The van der Waals surface area contributed by atoms with E-state index in [1.54, 1.807) is 11.0 Å². The van der Waals surface area contributed by atoms with Crippen molar-refractivity contribution >= 4 is 17.6 Å². The van der Waals surface area contributed by atoms with Crippen LogP contribution in [-0.4, -0.2) is 27.2 Å². The lowest BCUT2D eigenvalue weighted by Crippen LogP contribution is -2.24. The zero-order chi connectivity index (χ0) is 19.1. The summed E-state index contributed by atoms with van der Waals surface area (Å²) in [6, 6.07) is 4.46. The van der Waals surface area contributed by atoms with Crippen molar-refractivity contribution in [2.24, 2.45) is 5.73 Å². The van der Waals surface area contributed by atoms with Crippen LogP contribution in [0.1, 0.15) is 24.4 Å². The SMILES string of the molecule is NC(=O)Oc1c(F)nn2ccc(N3CCCC3c3cc(F)ccc3F)nc12. The fourth-order valence-corrected chi connectivity index (χ4v) is 3.36. The van der Waals surface area contributed by atoms with Crippen LogP contribution in [0.15, 0.2) is 30.5 Å². The summed E-state index contributed by atoms with van der Waals surface area (Å²) in [5, 5.41) is 3.56.